The fourth-order valence-corrected chi connectivity index (χ4v) is 3.31. The predicted octanol–water partition coefficient (Wildman–Crippen LogP) is 2.72. The van der Waals surface area contributed by atoms with Crippen molar-refractivity contribution in [2.24, 2.45) is 0 Å². The fraction of sp³-hybridized carbons (Fsp3) is 0.158. The van der Waals surface area contributed by atoms with Crippen molar-refractivity contribution in [1.29, 1.82) is 0 Å². The number of amides is 1. The maximum Gasteiger partial charge on any atom is 0.412 e. The van der Waals surface area contributed by atoms with Crippen LogP contribution in [0.15, 0.2) is 54.7 Å². The van der Waals surface area contributed by atoms with Gasteiger partial charge in [0.05, 0.1) is 6.20 Å². The molecule has 0 bridgehead atoms. The Morgan fingerprint density at radius 1 is 1.07 bits per heavy atom. The molecule has 1 aliphatic carbocycles. The van der Waals surface area contributed by atoms with E-state index in [1.165, 1.54) is 6.20 Å². The van der Waals surface area contributed by atoms with Gasteiger partial charge in [-0.3, -0.25) is 10.1 Å². The van der Waals surface area contributed by atoms with Gasteiger partial charge in [0.15, 0.2) is 5.82 Å². The third kappa shape index (κ3) is 3.37. The second-order valence-corrected chi connectivity index (χ2v) is 6.15. The highest BCUT2D eigenvalue weighted by Crippen LogP contribution is 2.44. The Bertz CT molecular complexity index is 969. The van der Waals surface area contributed by atoms with Crippen LogP contribution in [-0.2, 0) is 16.1 Å². The minimum absolute atomic E-state index is 0.0363. The van der Waals surface area contributed by atoms with Gasteiger partial charge in [-0.05, 0) is 22.3 Å². The quantitative estimate of drug-likeness (QED) is 0.721. The summed E-state index contributed by atoms with van der Waals surface area (Å²) >= 11 is 0. The molecule has 3 aromatic rings. The normalized spacial score (nSPS) is 12.3. The fourth-order valence-electron chi connectivity index (χ4n) is 3.31. The molecule has 2 N–H and O–H groups in total. The van der Waals surface area contributed by atoms with Gasteiger partial charge in [-0.2, -0.15) is 0 Å². The van der Waals surface area contributed by atoms with Crippen LogP contribution < -0.4 is 5.32 Å². The number of ether oxygens (including phenoxy) is 1. The molecule has 1 heterocycles. The summed E-state index contributed by atoms with van der Waals surface area (Å²) in [4.78, 5) is 22.7. The Labute approximate surface area is 154 Å². The molecule has 0 atom stereocenters. The third-order valence-electron chi connectivity index (χ3n) is 4.41. The Balaban J connectivity index is 1.43. The second kappa shape index (κ2) is 6.91. The van der Waals surface area contributed by atoms with E-state index in [-0.39, 0.29) is 24.9 Å². The minimum Gasteiger partial charge on any atom is -0.480 e. The first kappa shape index (κ1) is 16.8. The highest BCUT2D eigenvalue weighted by molar-refractivity contribution is 5.83. The van der Waals surface area contributed by atoms with Gasteiger partial charge in [-0.1, -0.05) is 53.7 Å². The molecule has 2 aromatic carbocycles. The van der Waals surface area contributed by atoms with Crippen molar-refractivity contribution >= 4 is 17.9 Å². The monoisotopic (exact) mass is 364 g/mol. The van der Waals surface area contributed by atoms with E-state index < -0.39 is 12.1 Å². The van der Waals surface area contributed by atoms with Crippen LogP contribution in [0, 0.1) is 0 Å². The number of fused-ring (bicyclic) bond motifs is 3. The topological polar surface area (TPSA) is 106 Å². The van der Waals surface area contributed by atoms with Gasteiger partial charge in [0.2, 0.25) is 0 Å². The number of carboxylic acids is 1. The number of rotatable bonds is 5. The van der Waals surface area contributed by atoms with Gasteiger partial charge in [0, 0.05) is 5.92 Å². The average Bonchev–Trinajstić information content (AvgIpc) is 3.21. The largest absolute Gasteiger partial charge is 0.480 e. The maximum absolute atomic E-state index is 12.1. The van der Waals surface area contributed by atoms with Gasteiger partial charge < -0.3 is 9.84 Å². The number of carboxylic acid groups (broad SMARTS) is 1. The molecular weight excluding hydrogens is 348 g/mol. The summed E-state index contributed by atoms with van der Waals surface area (Å²) in [5, 5.41) is 18.5. The van der Waals surface area contributed by atoms with Gasteiger partial charge in [0.25, 0.3) is 0 Å². The van der Waals surface area contributed by atoms with Crippen LogP contribution in [0.2, 0.25) is 0 Å². The van der Waals surface area contributed by atoms with E-state index in [2.05, 4.69) is 27.8 Å². The first-order chi connectivity index (χ1) is 13.1. The lowest BCUT2D eigenvalue weighted by Crippen LogP contribution is -2.18. The predicted molar refractivity (Wildman–Crippen MR) is 96.3 cm³/mol. The molecule has 1 aromatic heterocycles. The summed E-state index contributed by atoms with van der Waals surface area (Å²) < 4.78 is 6.50. The summed E-state index contributed by atoms with van der Waals surface area (Å²) in [6.07, 6.45) is 0.662. The highest BCUT2D eigenvalue weighted by atomic mass is 16.5. The summed E-state index contributed by atoms with van der Waals surface area (Å²) in [5.41, 5.74) is 4.55. The van der Waals surface area contributed by atoms with E-state index in [0.29, 0.717) is 0 Å². The van der Waals surface area contributed by atoms with Crippen molar-refractivity contribution in [2.75, 3.05) is 11.9 Å². The van der Waals surface area contributed by atoms with E-state index in [9.17, 15) is 9.59 Å². The van der Waals surface area contributed by atoms with Crippen molar-refractivity contribution in [3.63, 3.8) is 0 Å². The van der Waals surface area contributed by atoms with Crippen LogP contribution in [0.3, 0.4) is 0 Å². The number of anilines is 1. The molecule has 27 heavy (non-hydrogen) atoms. The molecule has 8 heteroatoms. The number of nitrogens with one attached hydrogen (secondary N) is 1. The number of hydrogen-bond donors (Lipinski definition) is 2. The third-order valence-corrected chi connectivity index (χ3v) is 4.41. The van der Waals surface area contributed by atoms with Crippen molar-refractivity contribution in [2.45, 2.75) is 12.5 Å². The van der Waals surface area contributed by atoms with Crippen molar-refractivity contribution < 1.29 is 19.4 Å². The number of carbonyl (C=O) groups excluding carboxylic acids is 1. The van der Waals surface area contributed by atoms with Gasteiger partial charge in [-0.25, -0.2) is 9.48 Å². The van der Waals surface area contributed by atoms with Crippen LogP contribution in [0.5, 0.6) is 0 Å². The molecular formula is C19H16N4O4. The van der Waals surface area contributed by atoms with Crippen molar-refractivity contribution in [1.82, 2.24) is 15.0 Å². The first-order valence-corrected chi connectivity index (χ1v) is 8.36. The van der Waals surface area contributed by atoms with Crippen LogP contribution in [0.25, 0.3) is 11.1 Å². The lowest BCUT2D eigenvalue weighted by molar-refractivity contribution is -0.137. The summed E-state index contributed by atoms with van der Waals surface area (Å²) in [5.74, 6) is -0.952. The molecule has 1 aliphatic rings. The summed E-state index contributed by atoms with van der Waals surface area (Å²) in [6.45, 7) is -0.150. The Morgan fingerprint density at radius 3 is 2.33 bits per heavy atom. The number of aromatic nitrogens is 3. The molecule has 4 rings (SSSR count). The van der Waals surface area contributed by atoms with Crippen molar-refractivity contribution in [3.05, 3.63) is 65.9 Å². The summed E-state index contributed by atoms with van der Waals surface area (Å²) in [7, 11) is 0. The molecule has 0 unspecified atom stereocenters. The number of benzene rings is 2. The number of aliphatic carboxylic acids is 1. The van der Waals surface area contributed by atoms with Crippen LogP contribution >= 0.6 is 0 Å². The van der Waals surface area contributed by atoms with Gasteiger partial charge >= 0.3 is 12.1 Å². The van der Waals surface area contributed by atoms with E-state index >= 15 is 0 Å². The molecule has 1 amide bonds. The molecule has 0 spiro atoms. The molecule has 0 fully saturated rings. The Morgan fingerprint density at radius 2 is 1.70 bits per heavy atom. The minimum atomic E-state index is -1.05. The molecule has 8 nitrogen and oxygen atoms in total. The van der Waals surface area contributed by atoms with E-state index in [4.69, 9.17) is 9.84 Å². The maximum atomic E-state index is 12.1. The number of nitrogens with zero attached hydrogens (tertiary/aromatic N) is 3. The molecule has 136 valence electrons. The number of hydrogen-bond acceptors (Lipinski definition) is 5. The lowest BCUT2D eigenvalue weighted by atomic mass is 9.98. The van der Waals surface area contributed by atoms with Crippen LogP contribution in [0.1, 0.15) is 17.0 Å². The number of carbonyl (C=O) groups is 2. The molecule has 0 radical (unpaired) electrons. The second-order valence-electron chi connectivity index (χ2n) is 6.15. The lowest BCUT2D eigenvalue weighted by Gasteiger charge is -2.14. The molecule has 0 saturated carbocycles. The highest BCUT2D eigenvalue weighted by Gasteiger charge is 2.29. The summed E-state index contributed by atoms with van der Waals surface area (Å²) in [6, 6.07) is 16.1. The molecule has 0 aliphatic heterocycles. The van der Waals surface area contributed by atoms with Gasteiger partial charge in [-0.15, -0.1) is 5.10 Å². The zero-order chi connectivity index (χ0) is 18.8. The molecule has 0 saturated heterocycles. The standard InChI is InChI=1S/C19H16N4O4/c24-18(25)10-23-9-17(21-22-23)20-19(26)27-11-16-14-7-3-1-5-12(14)13-6-2-4-8-15(13)16/h1-9,16H,10-11H2,(H,20,26)(H,24,25). The Kier molecular flexibility index (Phi) is 4.29. The van der Waals surface area contributed by atoms with E-state index in [1.54, 1.807) is 0 Å². The smallest absolute Gasteiger partial charge is 0.412 e. The van der Waals surface area contributed by atoms with Crippen LogP contribution in [0.4, 0.5) is 10.6 Å². The Hall–Kier alpha value is -3.68. The van der Waals surface area contributed by atoms with Crippen LogP contribution in [-0.4, -0.2) is 38.8 Å². The zero-order valence-corrected chi connectivity index (χ0v) is 14.2. The van der Waals surface area contributed by atoms with Gasteiger partial charge in [0.1, 0.15) is 13.2 Å². The SMILES string of the molecule is O=C(O)Cn1cc(NC(=O)OCC2c3ccccc3-c3ccccc32)nn1. The van der Waals surface area contributed by atoms with E-state index in [1.807, 2.05) is 36.4 Å². The van der Waals surface area contributed by atoms with Crippen molar-refractivity contribution in [3.8, 4) is 11.1 Å². The average molecular weight is 364 g/mol. The first-order valence-electron chi connectivity index (χ1n) is 8.36. The van der Waals surface area contributed by atoms with E-state index in [0.717, 1.165) is 26.9 Å². The zero-order valence-electron chi connectivity index (χ0n) is 14.2.